The first-order valence-electron chi connectivity index (χ1n) is 8.77. The van der Waals surface area contributed by atoms with Gasteiger partial charge >= 0.3 is 0 Å². The number of nitrogens with two attached hydrogens (primary N) is 2. The zero-order valence-electron chi connectivity index (χ0n) is 15.1. The number of aromatic amines is 2. The molecule has 0 fully saturated rings. The summed E-state index contributed by atoms with van der Waals surface area (Å²) in [6.07, 6.45) is 0. The number of nitrogens with one attached hydrogen (secondary N) is 4. The van der Waals surface area contributed by atoms with Gasteiger partial charge in [0.2, 0.25) is 0 Å². The lowest BCUT2D eigenvalue weighted by atomic mass is 10.2. The molecule has 8 nitrogen and oxygen atoms in total. The Morgan fingerprint density at radius 3 is 1.59 bits per heavy atom. The van der Waals surface area contributed by atoms with Crippen LogP contribution in [0.2, 0.25) is 0 Å². The van der Waals surface area contributed by atoms with E-state index in [0.717, 1.165) is 43.5 Å². The lowest BCUT2D eigenvalue weighted by Gasteiger charge is -1.96. The summed E-state index contributed by atoms with van der Waals surface area (Å²) in [5.74, 6) is 1.57. The minimum atomic E-state index is 0.0271. The topological polar surface area (TPSA) is 157 Å². The van der Waals surface area contributed by atoms with Crippen LogP contribution in [0.15, 0.2) is 48.5 Å². The third-order valence-corrected chi connectivity index (χ3v) is 5.76. The molecular weight excluding hydrogens is 384 g/mol. The Kier molecular flexibility index (Phi) is 3.71. The van der Waals surface area contributed by atoms with Crippen molar-refractivity contribution in [3.63, 3.8) is 0 Å². The van der Waals surface area contributed by atoms with Crippen molar-refractivity contribution in [2.24, 2.45) is 11.5 Å². The number of H-pyrrole nitrogens is 2. The van der Waals surface area contributed by atoms with Crippen LogP contribution in [0.1, 0.15) is 11.1 Å². The Hall–Kier alpha value is -3.98. The SMILES string of the molecule is N=C(N)c1ccc2nc(-c3ccc(-c4nc5ccc(C(=N)N)cc5[nH]4)s3)[nH]c2c1. The monoisotopic (exact) mass is 400 g/mol. The van der Waals surface area contributed by atoms with Crippen LogP contribution in [-0.2, 0) is 0 Å². The van der Waals surface area contributed by atoms with Crippen molar-refractivity contribution >= 4 is 45.1 Å². The first-order valence-corrected chi connectivity index (χ1v) is 9.58. The molecule has 142 valence electrons. The number of amidine groups is 2. The summed E-state index contributed by atoms with van der Waals surface area (Å²) in [5.41, 5.74) is 15.8. The summed E-state index contributed by atoms with van der Waals surface area (Å²) in [7, 11) is 0. The van der Waals surface area contributed by atoms with Crippen molar-refractivity contribution in [1.29, 1.82) is 10.8 Å². The summed E-state index contributed by atoms with van der Waals surface area (Å²) >= 11 is 1.57. The third kappa shape index (κ3) is 2.93. The van der Waals surface area contributed by atoms with E-state index in [-0.39, 0.29) is 11.7 Å². The summed E-state index contributed by atoms with van der Waals surface area (Å²) in [4.78, 5) is 17.8. The molecule has 0 aliphatic heterocycles. The number of nitrogen functional groups attached to an aromatic ring is 2. The fourth-order valence-electron chi connectivity index (χ4n) is 3.18. The van der Waals surface area contributed by atoms with Gasteiger partial charge in [0.05, 0.1) is 31.8 Å². The molecule has 0 saturated carbocycles. The van der Waals surface area contributed by atoms with Gasteiger partial charge in [-0.2, -0.15) is 0 Å². The van der Waals surface area contributed by atoms with E-state index in [9.17, 15) is 0 Å². The van der Waals surface area contributed by atoms with E-state index in [1.807, 2.05) is 36.4 Å². The number of imidazole rings is 2. The Balaban J connectivity index is 1.52. The predicted molar refractivity (Wildman–Crippen MR) is 117 cm³/mol. The van der Waals surface area contributed by atoms with Crippen LogP contribution < -0.4 is 11.5 Å². The molecule has 29 heavy (non-hydrogen) atoms. The number of nitrogens with zero attached hydrogens (tertiary/aromatic N) is 2. The maximum atomic E-state index is 7.58. The predicted octanol–water partition coefficient (Wildman–Crippen LogP) is 3.40. The van der Waals surface area contributed by atoms with Crippen LogP contribution in [0.5, 0.6) is 0 Å². The normalized spacial score (nSPS) is 11.3. The lowest BCUT2D eigenvalue weighted by molar-refractivity contribution is 1.36. The molecule has 8 N–H and O–H groups in total. The zero-order chi connectivity index (χ0) is 20.1. The molecule has 0 unspecified atom stereocenters. The zero-order valence-corrected chi connectivity index (χ0v) is 15.9. The Bertz CT molecular complexity index is 1310. The van der Waals surface area contributed by atoms with Crippen molar-refractivity contribution in [3.8, 4) is 21.4 Å². The van der Waals surface area contributed by atoms with Gasteiger partial charge in [-0.05, 0) is 48.5 Å². The maximum absolute atomic E-state index is 7.58. The molecule has 0 aliphatic carbocycles. The van der Waals surface area contributed by atoms with Crippen LogP contribution in [0.3, 0.4) is 0 Å². The number of aromatic nitrogens is 4. The van der Waals surface area contributed by atoms with Crippen molar-refractivity contribution in [2.75, 3.05) is 0 Å². The van der Waals surface area contributed by atoms with Gasteiger partial charge in [-0.25, -0.2) is 9.97 Å². The quantitative estimate of drug-likeness (QED) is 0.202. The van der Waals surface area contributed by atoms with E-state index in [1.165, 1.54) is 0 Å². The average molecular weight is 400 g/mol. The van der Waals surface area contributed by atoms with Crippen LogP contribution in [0.25, 0.3) is 43.5 Å². The van der Waals surface area contributed by atoms with Crippen LogP contribution in [0, 0.1) is 10.8 Å². The largest absolute Gasteiger partial charge is 0.384 e. The molecular formula is C20H16N8S. The minimum Gasteiger partial charge on any atom is -0.384 e. The molecule has 0 bridgehead atoms. The molecule has 2 aromatic carbocycles. The number of benzene rings is 2. The summed E-state index contributed by atoms with van der Waals surface area (Å²) in [5, 5.41) is 15.2. The molecule has 0 aliphatic rings. The van der Waals surface area contributed by atoms with Crippen molar-refractivity contribution < 1.29 is 0 Å². The fraction of sp³-hybridized carbons (Fsp3) is 0. The van der Waals surface area contributed by atoms with Gasteiger partial charge in [0.1, 0.15) is 23.3 Å². The standard InChI is InChI=1S/C20H16N8S/c21-17(22)9-1-3-11-13(7-9)27-19(25-11)15-5-6-16(29-15)20-26-12-4-2-10(18(23)24)8-14(12)28-20/h1-8H,(H3,21,22)(H3,23,24)(H,25,27)(H,26,28). The van der Waals surface area contributed by atoms with Gasteiger partial charge in [-0.1, -0.05) is 0 Å². The van der Waals surface area contributed by atoms with Gasteiger partial charge in [0.15, 0.2) is 0 Å². The smallest absolute Gasteiger partial charge is 0.148 e. The van der Waals surface area contributed by atoms with Gasteiger partial charge in [-0.15, -0.1) is 11.3 Å². The third-order valence-electron chi connectivity index (χ3n) is 4.66. The summed E-state index contributed by atoms with van der Waals surface area (Å²) < 4.78 is 0. The van der Waals surface area contributed by atoms with E-state index >= 15 is 0 Å². The summed E-state index contributed by atoms with van der Waals surface area (Å²) in [6, 6.07) is 14.9. The van der Waals surface area contributed by atoms with Gasteiger partial charge < -0.3 is 21.4 Å². The molecule has 5 rings (SSSR count). The maximum Gasteiger partial charge on any atom is 0.148 e. The Morgan fingerprint density at radius 1 is 0.724 bits per heavy atom. The van der Waals surface area contributed by atoms with Gasteiger partial charge in [0.25, 0.3) is 0 Å². The second-order valence-corrected chi connectivity index (χ2v) is 7.71. The van der Waals surface area contributed by atoms with E-state index in [0.29, 0.717) is 11.1 Å². The van der Waals surface area contributed by atoms with E-state index in [2.05, 4.69) is 19.9 Å². The Morgan fingerprint density at radius 2 is 1.17 bits per heavy atom. The van der Waals surface area contributed by atoms with Crippen LogP contribution >= 0.6 is 11.3 Å². The van der Waals surface area contributed by atoms with Crippen LogP contribution in [0.4, 0.5) is 0 Å². The van der Waals surface area contributed by atoms with Crippen molar-refractivity contribution in [1.82, 2.24) is 19.9 Å². The highest BCUT2D eigenvalue weighted by Crippen LogP contribution is 2.33. The highest BCUT2D eigenvalue weighted by molar-refractivity contribution is 7.18. The number of hydrogen-bond donors (Lipinski definition) is 6. The van der Waals surface area contributed by atoms with E-state index in [4.69, 9.17) is 22.3 Å². The molecule has 0 amide bonds. The van der Waals surface area contributed by atoms with Crippen molar-refractivity contribution in [2.45, 2.75) is 0 Å². The highest BCUT2D eigenvalue weighted by atomic mass is 32.1. The number of rotatable bonds is 4. The molecule has 0 saturated heterocycles. The molecule has 0 atom stereocenters. The second-order valence-electron chi connectivity index (χ2n) is 6.63. The average Bonchev–Trinajstić information content (AvgIpc) is 3.42. The first kappa shape index (κ1) is 17.1. The van der Waals surface area contributed by atoms with Gasteiger partial charge in [-0.3, -0.25) is 10.8 Å². The van der Waals surface area contributed by atoms with Gasteiger partial charge in [0, 0.05) is 11.1 Å². The highest BCUT2D eigenvalue weighted by Gasteiger charge is 2.13. The second kappa shape index (κ2) is 6.28. The van der Waals surface area contributed by atoms with E-state index < -0.39 is 0 Å². The molecule has 5 aromatic rings. The number of fused-ring (bicyclic) bond motifs is 2. The van der Waals surface area contributed by atoms with E-state index in [1.54, 1.807) is 23.5 Å². The fourth-order valence-corrected chi connectivity index (χ4v) is 4.08. The summed E-state index contributed by atoms with van der Waals surface area (Å²) in [6.45, 7) is 0. The molecule has 0 spiro atoms. The Labute approximate surface area is 168 Å². The first-order chi connectivity index (χ1) is 14.0. The molecule has 9 heteroatoms. The molecule has 3 aromatic heterocycles. The van der Waals surface area contributed by atoms with Crippen LogP contribution in [-0.4, -0.2) is 31.6 Å². The number of hydrogen-bond acceptors (Lipinski definition) is 5. The molecule has 0 radical (unpaired) electrons. The molecule has 3 heterocycles. The number of thiophene rings is 1. The van der Waals surface area contributed by atoms with Crippen molar-refractivity contribution in [3.05, 3.63) is 59.7 Å². The lowest BCUT2D eigenvalue weighted by Crippen LogP contribution is -2.10. The minimum absolute atomic E-state index is 0.0271.